The van der Waals surface area contributed by atoms with Gasteiger partial charge in [0.1, 0.15) is 6.10 Å². The van der Waals surface area contributed by atoms with Gasteiger partial charge in [0.15, 0.2) is 5.75 Å². The zero-order valence-electron chi connectivity index (χ0n) is 12.1. The quantitative estimate of drug-likeness (QED) is 0.688. The Morgan fingerprint density at radius 3 is 2.72 bits per heavy atom. The number of unbranched alkanes of at least 4 members (excludes halogenated alkanes) is 2. The van der Waals surface area contributed by atoms with Crippen molar-refractivity contribution in [1.82, 2.24) is 15.1 Å². The minimum Gasteiger partial charge on any atom is -0.486 e. The predicted octanol–water partition coefficient (Wildman–Crippen LogP) is 3.01. The number of ether oxygens (including phenoxy) is 1. The molecule has 4 heteroatoms. The molecule has 0 bridgehead atoms. The smallest absolute Gasteiger partial charge is 0.157 e. The zero-order chi connectivity index (χ0) is 13.4. The van der Waals surface area contributed by atoms with Gasteiger partial charge in [-0.25, -0.2) is 0 Å². The Morgan fingerprint density at radius 2 is 2.11 bits per heavy atom. The number of rotatable bonds is 9. The van der Waals surface area contributed by atoms with Crippen molar-refractivity contribution in [2.45, 2.75) is 59.1 Å². The molecule has 1 unspecified atom stereocenters. The maximum Gasteiger partial charge on any atom is 0.157 e. The number of hydrogen-bond donors (Lipinski definition) is 1. The van der Waals surface area contributed by atoms with E-state index in [2.05, 4.69) is 38.1 Å². The average molecular weight is 253 g/mol. The first-order valence-electron chi connectivity index (χ1n) is 7.05. The van der Waals surface area contributed by atoms with Gasteiger partial charge in [-0.05, 0) is 33.7 Å². The highest BCUT2D eigenvalue weighted by molar-refractivity contribution is 5.12. The fourth-order valence-electron chi connectivity index (χ4n) is 1.74. The summed E-state index contributed by atoms with van der Waals surface area (Å²) in [5.74, 6) is 0.853. The van der Waals surface area contributed by atoms with Gasteiger partial charge in [0.25, 0.3) is 0 Å². The van der Waals surface area contributed by atoms with Crippen LogP contribution >= 0.6 is 0 Å². The first-order chi connectivity index (χ1) is 8.63. The number of nitrogens with zero attached hydrogens (tertiary/aromatic N) is 2. The van der Waals surface area contributed by atoms with E-state index in [-0.39, 0.29) is 6.10 Å². The van der Waals surface area contributed by atoms with E-state index in [0.717, 1.165) is 18.8 Å². The van der Waals surface area contributed by atoms with Crippen molar-refractivity contribution >= 4 is 0 Å². The summed E-state index contributed by atoms with van der Waals surface area (Å²) in [5.41, 5.74) is 0. The van der Waals surface area contributed by atoms with Crippen LogP contribution in [0.2, 0.25) is 0 Å². The standard InChI is InChI=1S/C14H27N3O/c1-5-6-7-8-15-9-13(4)18-14-10-16-17(11-14)12(2)3/h10-13,15H,5-9H2,1-4H3. The highest BCUT2D eigenvalue weighted by Crippen LogP contribution is 2.13. The van der Waals surface area contributed by atoms with E-state index in [1.54, 1.807) is 6.20 Å². The van der Waals surface area contributed by atoms with E-state index in [0.29, 0.717) is 6.04 Å². The lowest BCUT2D eigenvalue weighted by Gasteiger charge is -2.14. The molecule has 0 radical (unpaired) electrons. The van der Waals surface area contributed by atoms with Crippen LogP contribution in [-0.2, 0) is 0 Å². The zero-order valence-corrected chi connectivity index (χ0v) is 12.1. The molecule has 1 aromatic heterocycles. The van der Waals surface area contributed by atoms with Crippen LogP contribution < -0.4 is 10.1 Å². The van der Waals surface area contributed by atoms with Gasteiger partial charge in [-0.15, -0.1) is 0 Å². The lowest BCUT2D eigenvalue weighted by molar-refractivity contribution is 0.216. The van der Waals surface area contributed by atoms with Crippen LogP contribution in [0.1, 0.15) is 53.0 Å². The average Bonchev–Trinajstić information content (AvgIpc) is 2.77. The third-order valence-electron chi connectivity index (χ3n) is 2.83. The van der Waals surface area contributed by atoms with Crippen LogP contribution in [0, 0.1) is 0 Å². The summed E-state index contributed by atoms with van der Waals surface area (Å²) in [4.78, 5) is 0. The molecule has 0 amide bonds. The van der Waals surface area contributed by atoms with Crippen LogP contribution in [0.3, 0.4) is 0 Å². The molecule has 0 saturated carbocycles. The molecule has 1 heterocycles. The third kappa shape index (κ3) is 5.54. The molecule has 0 aromatic carbocycles. The fraction of sp³-hybridized carbons (Fsp3) is 0.786. The normalized spacial score (nSPS) is 12.9. The Bertz CT molecular complexity index is 323. The van der Waals surface area contributed by atoms with Crippen molar-refractivity contribution in [3.05, 3.63) is 12.4 Å². The second kappa shape index (κ2) is 8.14. The lowest BCUT2D eigenvalue weighted by Crippen LogP contribution is -2.29. The summed E-state index contributed by atoms with van der Waals surface area (Å²) in [6.45, 7) is 10.5. The summed E-state index contributed by atoms with van der Waals surface area (Å²) < 4.78 is 7.72. The van der Waals surface area contributed by atoms with Crippen molar-refractivity contribution < 1.29 is 4.74 Å². The lowest BCUT2D eigenvalue weighted by atomic mass is 10.2. The molecule has 104 valence electrons. The maximum absolute atomic E-state index is 5.81. The summed E-state index contributed by atoms with van der Waals surface area (Å²) in [6, 6.07) is 0.379. The van der Waals surface area contributed by atoms with Crippen LogP contribution in [-0.4, -0.2) is 29.0 Å². The first kappa shape index (κ1) is 15.0. The summed E-state index contributed by atoms with van der Waals surface area (Å²) >= 11 is 0. The number of nitrogens with one attached hydrogen (secondary N) is 1. The molecule has 1 atom stereocenters. The molecule has 0 aliphatic heterocycles. The van der Waals surface area contributed by atoms with E-state index in [4.69, 9.17) is 4.74 Å². The van der Waals surface area contributed by atoms with Crippen molar-refractivity contribution in [1.29, 1.82) is 0 Å². The third-order valence-corrected chi connectivity index (χ3v) is 2.83. The van der Waals surface area contributed by atoms with Crippen LogP contribution in [0.4, 0.5) is 0 Å². The molecule has 0 fully saturated rings. The van der Waals surface area contributed by atoms with Crippen LogP contribution in [0.15, 0.2) is 12.4 Å². The largest absolute Gasteiger partial charge is 0.486 e. The van der Waals surface area contributed by atoms with E-state index in [1.807, 2.05) is 10.9 Å². The molecule has 4 nitrogen and oxygen atoms in total. The van der Waals surface area contributed by atoms with Crippen molar-refractivity contribution in [2.24, 2.45) is 0 Å². The van der Waals surface area contributed by atoms with E-state index < -0.39 is 0 Å². The van der Waals surface area contributed by atoms with Gasteiger partial charge < -0.3 is 10.1 Å². The summed E-state index contributed by atoms with van der Waals surface area (Å²) in [6.07, 6.45) is 7.72. The summed E-state index contributed by atoms with van der Waals surface area (Å²) in [7, 11) is 0. The van der Waals surface area contributed by atoms with Gasteiger partial charge in [-0.2, -0.15) is 5.10 Å². The van der Waals surface area contributed by atoms with Crippen molar-refractivity contribution in [3.8, 4) is 5.75 Å². The van der Waals surface area contributed by atoms with E-state index >= 15 is 0 Å². The SMILES string of the molecule is CCCCCNCC(C)Oc1cnn(C(C)C)c1. The highest BCUT2D eigenvalue weighted by atomic mass is 16.5. The van der Waals surface area contributed by atoms with Crippen molar-refractivity contribution in [2.75, 3.05) is 13.1 Å². The minimum absolute atomic E-state index is 0.177. The second-order valence-corrected chi connectivity index (χ2v) is 5.09. The van der Waals surface area contributed by atoms with E-state index in [1.165, 1.54) is 19.3 Å². The van der Waals surface area contributed by atoms with Crippen LogP contribution in [0.5, 0.6) is 5.75 Å². The molecular weight excluding hydrogens is 226 g/mol. The van der Waals surface area contributed by atoms with Crippen molar-refractivity contribution in [3.63, 3.8) is 0 Å². The molecule has 18 heavy (non-hydrogen) atoms. The predicted molar refractivity (Wildman–Crippen MR) is 75.1 cm³/mol. The molecule has 0 aliphatic rings. The molecule has 0 spiro atoms. The Morgan fingerprint density at radius 1 is 1.33 bits per heavy atom. The molecule has 1 N–H and O–H groups in total. The molecular formula is C14H27N3O. The monoisotopic (exact) mass is 253 g/mol. The Kier molecular flexibility index (Phi) is 6.80. The molecule has 0 saturated heterocycles. The van der Waals surface area contributed by atoms with Gasteiger partial charge in [0.05, 0.1) is 12.4 Å². The Balaban J connectivity index is 2.20. The van der Waals surface area contributed by atoms with Gasteiger partial charge in [-0.1, -0.05) is 19.8 Å². The number of aromatic nitrogens is 2. The molecule has 1 aromatic rings. The molecule has 0 aliphatic carbocycles. The van der Waals surface area contributed by atoms with E-state index in [9.17, 15) is 0 Å². The second-order valence-electron chi connectivity index (χ2n) is 5.09. The van der Waals surface area contributed by atoms with Gasteiger partial charge in [0.2, 0.25) is 0 Å². The maximum atomic E-state index is 5.81. The Hall–Kier alpha value is -1.03. The van der Waals surface area contributed by atoms with Crippen LogP contribution in [0.25, 0.3) is 0 Å². The highest BCUT2D eigenvalue weighted by Gasteiger charge is 2.06. The first-order valence-corrected chi connectivity index (χ1v) is 7.05. The fourth-order valence-corrected chi connectivity index (χ4v) is 1.74. The van der Waals surface area contributed by atoms with Gasteiger partial charge in [-0.3, -0.25) is 4.68 Å². The van der Waals surface area contributed by atoms with Gasteiger partial charge >= 0.3 is 0 Å². The molecule has 1 rings (SSSR count). The minimum atomic E-state index is 0.177. The summed E-state index contributed by atoms with van der Waals surface area (Å²) in [5, 5.41) is 7.68. The van der Waals surface area contributed by atoms with Gasteiger partial charge in [0, 0.05) is 12.6 Å². The topological polar surface area (TPSA) is 39.1 Å². The number of hydrogen-bond acceptors (Lipinski definition) is 3. The Labute approximate surface area is 111 Å².